The van der Waals surface area contributed by atoms with Gasteiger partial charge in [-0.15, -0.1) is 0 Å². The fourth-order valence-electron chi connectivity index (χ4n) is 4.38. The lowest BCUT2D eigenvalue weighted by molar-refractivity contribution is -0.135. The van der Waals surface area contributed by atoms with Crippen molar-refractivity contribution in [2.75, 3.05) is 38.6 Å². The summed E-state index contributed by atoms with van der Waals surface area (Å²) in [6.45, 7) is 4.26. The van der Waals surface area contributed by atoms with Crippen LogP contribution in [0.25, 0.3) is 11.1 Å². The summed E-state index contributed by atoms with van der Waals surface area (Å²) in [4.78, 5) is 26.5. The average molecular weight is 439 g/mol. The van der Waals surface area contributed by atoms with E-state index < -0.39 is 0 Å². The molecule has 8 heteroatoms. The first kappa shape index (κ1) is 22.2. The van der Waals surface area contributed by atoms with Crippen LogP contribution in [0.3, 0.4) is 0 Å². The van der Waals surface area contributed by atoms with E-state index >= 15 is 0 Å². The highest BCUT2D eigenvalue weighted by Gasteiger charge is 2.31. The second-order valence-electron chi connectivity index (χ2n) is 8.76. The third-order valence-electron chi connectivity index (χ3n) is 6.13. The van der Waals surface area contributed by atoms with Crippen molar-refractivity contribution in [3.8, 4) is 11.1 Å². The lowest BCUT2D eigenvalue weighted by Gasteiger charge is -2.37. The van der Waals surface area contributed by atoms with Crippen molar-refractivity contribution in [1.29, 1.82) is 0 Å². The monoisotopic (exact) mass is 438 g/mol. The first-order chi connectivity index (χ1) is 15.4. The number of carbonyl (C=O) groups is 1. The average Bonchev–Trinajstić information content (AvgIpc) is 3.22. The predicted molar refractivity (Wildman–Crippen MR) is 124 cm³/mol. The van der Waals surface area contributed by atoms with Crippen LogP contribution >= 0.6 is 0 Å². The molecule has 0 unspecified atom stereocenters. The molecule has 0 spiro atoms. The highest BCUT2D eigenvalue weighted by atomic mass is 19.1. The van der Waals surface area contributed by atoms with Gasteiger partial charge in [0.1, 0.15) is 5.82 Å². The maximum absolute atomic E-state index is 13.5. The fraction of sp³-hybridized carbons (Fsp3) is 0.500. The van der Waals surface area contributed by atoms with E-state index in [1.807, 2.05) is 35.8 Å². The Morgan fingerprint density at radius 1 is 1.19 bits per heavy atom. The molecule has 1 fully saturated rings. The molecule has 3 heterocycles. The molecule has 0 aliphatic carbocycles. The standard InChI is InChI=1S/C24H31FN6O/c1-17-11-14-30(28-17)15-12-22(32)31-13-5-4-6-21(31)23-20(16-26-24(27-23)29(2)3)18-7-9-19(25)10-8-18/h7-10,16,21H,4-6,11-15H2,1-3H3/t21-/m1/s1. The van der Waals surface area contributed by atoms with Gasteiger partial charge in [-0.2, -0.15) is 5.10 Å². The Bertz CT molecular complexity index is 990. The molecule has 2 aromatic rings. The van der Waals surface area contributed by atoms with E-state index in [9.17, 15) is 9.18 Å². The van der Waals surface area contributed by atoms with E-state index in [-0.39, 0.29) is 17.8 Å². The Balaban J connectivity index is 1.63. The molecule has 1 aromatic carbocycles. The van der Waals surface area contributed by atoms with Gasteiger partial charge >= 0.3 is 0 Å². The van der Waals surface area contributed by atoms with Crippen LogP contribution in [0.2, 0.25) is 0 Å². The van der Waals surface area contributed by atoms with Crippen LogP contribution in [0.15, 0.2) is 35.6 Å². The summed E-state index contributed by atoms with van der Waals surface area (Å²) in [6.07, 6.45) is 6.07. The topological polar surface area (TPSA) is 64.9 Å². The summed E-state index contributed by atoms with van der Waals surface area (Å²) in [5, 5.41) is 6.49. The number of benzene rings is 1. The van der Waals surface area contributed by atoms with Gasteiger partial charge in [-0.1, -0.05) is 12.1 Å². The number of amides is 1. The molecule has 1 saturated heterocycles. The zero-order valence-electron chi connectivity index (χ0n) is 19.1. The second-order valence-corrected chi connectivity index (χ2v) is 8.76. The third-order valence-corrected chi connectivity index (χ3v) is 6.13. The lowest BCUT2D eigenvalue weighted by atomic mass is 9.93. The number of aromatic nitrogens is 2. The van der Waals surface area contributed by atoms with Crippen LogP contribution in [0.5, 0.6) is 0 Å². The largest absolute Gasteiger partial charge is 0.347 e. The number of anilines is 1. The number of rotatable bonds is 6. The van der Waals surface area contributed by atoms with Crippen LogP contribution in [0.4, 0.5) is 10.3 Å². The molecule has 0 bridgehead atoms. The van der Waals surface area contributed by atoms with E-state index in [4.69, 9.17) is 4.98 Å². The van der Waals surface area contributed by atoms with E-state index in [2.05, 4.69) is 10.1 Å². The SMILES string of the molecule is CC1=NN(CCC(=O)N2CCCC[C@@H]2c2nc(N(C)C)ncc2-c2ccc(F)cc2)CC1. The third kappa shape index (κ3) is 4.89. The van der Waals surface area contributed by atoms with Crippen LogP contribution in [0, 0.1) is 5.82 Å². The minimum absolute atomic E-state index is 0.123. The molecule has 1 amide bonds. The van der Waals surface area contributed by atoms with E-state index in [0.717, 1.165) is 61.3 Å². The van der Waals surface area contributed by atoms with Gasteiger partial charge in [-0.05, 0) is 43.9 Å². The Morgan fingerprint density at radius 3 is 2.66 bits per heavy atom. The zero-order chi connectivity index (χ0) is 22.7. The normalized spacial score (nSPS) is 18.6. The van der Waals surface area contributed by atoms with Crippen molar-refractivity contribution in [3.05, 3.63) is 42.0 Å². The number of carbonyl (C=O) groups excluding carboxylic acids is 1. The van der Waals surface area contributed by atoms with Crippen molar-refractivity contribution in [2.45, 2.75) is 45.1 Å². The lowest BCUT2D eigenvalue weighted by Crippen LogP contribution is -2.40. The molecule has 1 aromatic heterocycles. The summed E-state index contributed by atoms with van der Waals surface area (Å²) >= 11 is 0. The number of nitrogens with zero attached hydrogens (tertiary/aromatic N) is 6. The molecule has 0 N–H and O–H groups in total. The Labute approximate surface area is 188 Å². The highest BCUT2D eigenvalue weighted by Crippen LogP contribution is 2.36. The van der Waals surface area contributed by atoms with Gasteiger partial charge in [0.05, 0.1) is 11.7 Å². The first-order valence-corrected chi connectivity index (χ1v) is 11.3. The molecule has 170 valence electrons. The molecule has 2 aliphatic rings. The maximum atomic E-state index is 13.5. The fourth-order valence-corrected chi connectivity index (χ4v) is 4.38. The van der Waals surface area contributed by atoms with Gasteiger partial charge in [-0.25, -0.2) is 14.4 Å². The molecule has 4 rings (SSSR count). The molecule has 1 atom stereocenters. The van der Waals surface area contributed by atoms with Gasteiger partial charge in [-0.3, -0.25) is 9.80 Å². The highest BCUT2D eigenvalue weighted by molar-refractivity contribution is 5.83. The number of hydrogen-bond acceptors (Lipinski definition) is 6. The summed E-state index contributed by atoms with van der Waals surface area (Å²) in [6, 6.07) is 6.26. The van der Waals surface area contributed by atoms with Gasteiger partial charge in [0.25, 0.3) is 0 Å². The molecule has 0 saturated carbocycles. The molecule has 2 aliphatic heterocycles. The Morgan fingerprint density at radius 2 is 1.97 bits per heavy atom. The van der Waals surface area contributed by atoms with Gasteiger partial charge in [0, 0.05) is 64.0 Å². The van der Waals surface area contributed by atoms with Crippen molar-refractivity contribution >= 4 is 17.6 Å². The Hall–Kier alpha value is -3.03. The molecular formula is C24H31FN6O. The summed E-state index contributed by atoms with van der Waals surface area (Å²) in [5.41, 5.74) is 3.65. The molecule has 7 nitrogen and oxygen atoms in total. The van der Waals surface area contributed by atoms with Crippen LogP contribution in [-0.4, -0.2) is 65.2 Å². The number of hydrogen-bond donors (Lipinski definition) is 0. The van der Waals surface area contributed by atoms with Gasteiger partial charge < -0.3 is 9.80 Å². The summed E-state index contributed by atoms with van der Waals surface area (Å²) in [7, 11) is 3.80. The van der Waals surface area contributed by atoms with E-state index in [1.54, 1.807) is 18.3 Å². The van der Waals surface area contributed by atoms with Crippen LogP contribution in [0.1, 0.15) is 50.8 Å². The molecule has 32 heavy (non-hydrogen) atoms. The predicted octanol–water partition coefficient (Wildman–Crippen LogP) is 3.87. The minimum Gasteiger partial charge on any atom is -0.347 e. The van der Waals surface area contributed by atoms with E-state index in [1.165, 1.54) is 12.1 Å². The zero-order valence-corrected chi connectivity index (χ0v) is 19.1. The summed E-state index contributed by atoms with van der Waals surface area (Å²) in [5.74, 6) is 0.450. The van der Waals surface area contributed by atoms with E-state index in [0.29, 0.717) is 18.9 Å². The van der Waals surface area contributed by atoms with Crippen molar-refractivity contribution < 1.29 is 9.18 Å². The second kappa shape index (κ2) is 9.63. The van der Waals surface area contributed by atoms with Gasteiger partial charge in [0.15, 0.2) is 0 Å². The molecular weight excluding hydrogens is 407 g/mol. The molecule has 0 radical (unpaired) electrons. The number of hydrazone groups is 1. The van der Waals surface area contributed by atoms with Crippen molar-refractivity contribution in [1.82, 2.24) is 19.9 Å². The van der Waals surface area contributed by atoms with Crippen LogP contribution < -0.4 is 4.90 Å². The van der Waals surface area contributed by atoms with Gasteiger partial charge in [0.2, 0.25) is 11.9 Å². The number of halogens is 1. The van der Waals surface area contributed by atoms with Crippen molar-refractivity contribution in [2.24, 2.45) is 5.10 Å². The van der Waals surface area contributed by atoms with Crippen molar-refractivity contribution in [3.63, 3.8) is 0 Å². The summed E-state index contributed by atoms with van der Waals surface area (Å²) < 4.78 is 13.5. The smallest absolute Gasteiger partial charge is 0.225 e. The van der Waals surface area contributed by atoms with Crippen LogP contribution in [-0.2, 0) is 4.79 Å². The Kier molecular flexibility index (Phi) is 6.67. The number of likely N-dealkylation sites (tertiary alicyclic amines) is 1. The first-order valence-electron chi connectivity index (χ1n) is 11.3. The minimum atomic E-state index is -0.282. The number of piperidine rings is 1. The maximum Gasteiger partial charge on any atom is 0.225 e. The quantitative estimate of drug-likeness (QED) is 0.685.